The maximum Gasteiger partial charge on any atom is 0.253 e. The molecule has 1 aromatic heterocycles. The molecule has 0 saturated heterocycles. The minimum atomic E-state index is -0.589. The smallest absolute Gasteiger partial charge is 0.253 e. The molecule has 0 radical (unpaired) electrons. The quantitative estimate of drug-likeness (QED) is 0.351. The van der Waals surface area contributed by atoms with Gasteiger partial charge in [0.1, 0.15) is 5.82 Å². The first-order valence-electron chi connectivity index (χ1n) is 10.7. The van der Waals surface area contributed by atoms with Gasteiger partial charge in [0, 0.05) is 17.4 Å². The normalized spacial score (nSPS) is 19.6. The van der Waals surface area contributed by atoms with Crippen LogP contribution in [0.3, 0.4) is 0 Å². The summed E-state index contributed by atoms with van der Waals surface area (Å²) >= 11 is 0. The Balaban J connectivity index is 1.37. The van der Waals surface area contributed by atoms with Crippen molar-refractivity contribution in [2.75, 3.05) is 5.32 Å². The first-order chi connectivity index (χ1) is 16.0. The van der Waals surface area contributed by atoms with E-state index in [0.717, 1.165) is 29.8 Å². The number of nitrogens with one attached hydrogen (secondary N) is 3. The lowest BCUT2D eigenvalue weighted by Crippen LogP contribution is -2.51. The summed E-state index contributed by atoms with van der Waals surface area (Å²) in [6.07, 6.45) is 6.05. The second-order valence-corrected chi connectivity index (χ2v) is 8.22. The lowest BCUT2D eigenvalue weighted by molar-refractivity contribution is -0.114. The molecule has 1 saturated carbocycles. The number of benzene rings is 2. The zero-order chi connectivity index (χ0) is 22.8. The van der Waals surface area contributed by atoms with Crippen molar-refractivity contribution in [3.63, 3.8) is 0 Å². The lowest BCUT2D eigenvalue weighted by Gasteiger charge is -2.32. The van der Waals surface area contributed by atoms with Gasteiger partial charge in [-0.2, -0.15) is 15.0 Å². The van der Waals surface area contributed by atoms with Gasteiger partial charge in [-0.15, -0.1) is 0 Å². The zero-order valence-electron chi connectivity index (χ0n) is 17.8. The van der Waals surface area contributed by atoms with Crippen LogP contribution in [0.15, 0.2) is 83.4 Å². The first-order valence-corrected chi connectivity index (χ1v) is 10.7. The number of amides is 1. The molecule has 3 aromatic rings. The molecule has 2 atom stereocenters. The van der Waals surface area contributed by atoms with Crippen LogP contribution in [0.25, 0.3) is 5.69 Å². The number of hydrogen-bond acceptors (Lipinski definition) is 8. The minimum Gasteiger partial charge on any atom is -0.365 e. The third-order valence-electron chi connectivity index (χ3n) is 5.79. The summed E-state index contributed by atoms with van der Waals surface area (Å²) in [6.45, 7) is 0. The van der Waals surface area contributed by atoms with Crippen LogP contribution in [-0.2, 0) is 4.79 Å². The molecular formula is C23H25N9O. The molecule has 2 heterocycles. The van der Waals surface area contributed by atoms with Gasteiger partial charge in [0.2, 0.25) is 0 Å². The van der Waals surface area contributed by atoms with Crippen molar-refractivity contribution in [1.29, 1.82) is 0 Å². The number of nitrogens with two attached hydrogens (primary N) is 2. The molecule has 1 aliphatic carbocycles. The number of hydrogen-bond donors (Lipinski definition) is 5. The van der Waals surface area contributed by atoms with Crippen molar-refractivity contribution >= 4 is 17.8 Å². The van der Waals surface area contributed by atoms with Gasteiger partial charge in [-0.05, 0) is 36.6 Å². The Morgan fingerprint density at radius 1 is 1.12 bits per heavy atom. The van der Waals surface area contributed by atoms with Gasteiger partial charge < -0.3 is 22.1 Å². The highest BCUT2D eigenvalue weighted by Crippen LogP contribution is 2.43. The fraction of sp³-hybridized carbons (Fsp3) is 0.217. The third kappa shape index (κ3) is 4.47. The number of rotatable bonds is 8. The molecule has 10 heteroatoms. The molecule has 1 amide bonds. The van der Waals surface area contributed by atoms with Crippen LogP contribution in [-0.4, -0.2) is 38.9 Å². The molecule has 10 nitrogen and oxygen atoms in total. The topological polar surface area (TPSA) is 148 Å². The number of carbonyl (C=O) groups excluding carboxylic acids is 1. The van der Waals surface area contributed by atoms with Gasteiger partial charge in [-0.1, -0.05) is 36.4 Å². The number of nitrogens with zero attached hydrogens (tertiary/aromatic N) is 4. The van der Waals surface area contributed by atoms with Crippen molar-refractivity contribution < 1.29 is 4.79 Å². The first kappa shape index (κ1) is 20.9. The van der Waals surface area contributed by atoms with Gasteiger partial charge >= 0.3 is 0 Å². The lowest BCUT2D eigenvalue weighted by atomic mass is 9.98. The number of anilines is 1. The van der Waals surface area contributed by atoms with Crippen molar-refractivity contribution in [2.24, 2.45) is 16.5 Å². The standard InChI is InChI=1S/C23H25N9O/c24-20(33)18-14-26-22(30-19(23(25)9-10-23)15-5-2-1-3-6-15)31-21(18)29-16-7-4-8-17(13-16)32-27-11-12-28-32/h1-8,11-14,19,22,29-31H,9-10,25H2,(H2,24,33)/t19-,22?/m1/s1. The van der Waals surface area contributed by atoms with E-state index >= 15 is 0 Å². The van der Waals surface area contributed by atoms with Gasteiger partial charge in [0.25, 0.3) is 5.91 Å². The van der Waals surface area contributed by atoms with E-state index in [2.05, 4.69) is 43.3 Å². The minimum absolute atomic E-state index is 0.0982. The fourth-order valence-corrected chi connectivity index (χ4v) is 3.87. The summed E-state index contributed by atoms with van der Waals surface area (Å²) < 4.78 is 0. The Morgan fingerprint density at radius 3 is 2.58 bits per heavy atom. The highest BCUT2D eigenvalue weighted by molar-refractivity contribution is 6.12. The summed E-state index contributed by atoms with van der Waals surface area (Å²) in [5.41, 5.74) is 14.7. The van der Waals surface area contributed by atoms with E-state index < -0.39 is 12.2 Å². The predicted octanol–water partition coefficient (Wildman–Crippen LogP) is 1.16. The van der Waals surface area contributed by atoms with E-state index in [9.17, 15) is 4.79 Å². The van der Waals surface area contributed by atoms with E-state index in [4.69, 9.17) is 11.5 Å². The number of aromatic nitrogens is 3. The molecule has 2 aromatic carbocycles. The predicted molar refractivity (Wildman–Crippen MR) is 125 cm³/mol. The van der Waals surface area contributed by atoms with Crippen molar-refractivity contribution in [1.82, 2.24) is 25.6 Å². The van der Waals surface area contributed by atoms with Crippen LogP contribution in [0.1, 0.15) is 24.4 Å². The number of aliphatic imine (C=N–C) groups is 1. The van der Waals surface area contributed by atoms with Gasteiger partial charge in [0.15, 0.2) is 6.29 Å². The SMILES string of the molecule is NC(=O)C1=C(Nc2cccc(-n3nccn3)c2)NC(N[C@H](c2ccccc2)C2(N)CC2)N=C1. The summed E-state index contributed by atoms with van der Waals surface area (Å²) in [5, 5.41) is 18.3. The fourth-order valence-electron chi connectivity index (χ4n) is 3.87. The van der Waals surface area contributed by atoms with E-state index in [0.29, 0.717) is 5.82 Å². The molecule has 33 heavy (non-hydrogen) atoms. The van der Waals surface area contributed by atoms with E-state index in [-0.39, 0.29) is 17.2 Å². The maximum absolute atomic E-state index is 12.1. The molecule has 1 fully saturated rings. The monoisotopic (exact) mass is 443 g/mol. The van der Waals surface area contributed by atoms with Gasteiger partial charge in [0.05, 0.1) is 29.7 Å². The average Bonchev–Trinajstić information content (AvgIpc) is 3.33. The van der Waals surface area contributed by atoms with Crippen LogP contribution >= 0.6 is 0 Å². The summed E-state index contributed by atoms with van der Waals surface area (Å²) in [7, 11) is 0. The van der Waals surface area contributed by atoms with Gasteiger partial charge in [-0.25, -0.2) is 0 Å². The van der Waals surface area contributed by atoms with Crippen LogP contribution in [0.5, 0.6) is 0 Å². The Hall–Kier alpha value is -4.02. The summed E-state index contributed by atoms with van der Waals surface area (Å²) in [5.74, 6) is -0.136. The Labute approximate surface area is 190 Å². The molecule has 0 bridgehead atoms. The largest absolute Gasteiger partial charge is 0.365 e. The third-order valence-corrected chi connectivity index (χ3v) is 5.79. The Kier molecular flexibility index (Phi) is 5.37. The van der Waals surface area contributed by atoms with Crippen molar-refractivity contribution in [2.45, 2.75) is 30.7 Å². The van der Waals surface area contributed by atoms with Crippen LogP contribution < -0.4 is 27.4 Å². The highest BCUT2D eigenvalue weighted by atomic mass is 16.1. The second kappa shape index (κ2) is 8.49. The Morgan fingerprint density at radius 2 is 1.88 bits per heavy atom. The molecular weight excluding hydrogens is 418 g/mol. The number of carbonyl (C=O) groups is 1. The van der Waals surface area contributed by atoms with E-state index in [1.165, 1.54) is 11.0 Å². The molecule has 5 rings (SSSR count). The Bertz CT molecular complexity index is 1200. The van der Waals surface area contributed by atoms with Crippen LogP contribution in [0.2, 0.25) is 0 Å². The molecule has 2 aliphatic rings. The molecule has 1 aliphatic heterocycles. The van der Waals surface area contributed by atoms with E-state index in [1.807, 2.05) is 42.5 Å². The second-order valence-electron chi connectivity index (χ2n) is 8.22. The average molecular weight is 444 g/mol. The highest BCUT2D eigenvalue weighted by Gasteiger charge is 2.47. The van der Waals surface area contributed by atoms with Crippen molar-refractivity contribution in [3.05, 3.63) is 83.9 Å². The van der Waals surface area contributed by atoms with Crippen LogP contribution in [0.4, 0.5) is 5.69 Å². The van der Waals surface area contributed by atoms with Gasteiger partial charge in [-0.3, -0.25) is 15.1 Å². The maximum atomic E-state index is 12.1. The summed E-state index contributed by atoms with van der Waals surface area (Å²) in [4.78, 5) is 18.0. The number of primary amides is 1. The van der Waals surface area contributed by atoms with Crippen molar-refractivity contribution in [3.8, 4) is 5.69 Å². The molecule has 0 spiro atoms. The summed E-state index contributed by atoms with van der Waals surface area (Å²) in [6, 6.07) is 17.5. The van der Waals surface area contributed by atoms with E-state index in [1.54, 1.807) is 12.4 Å². The molecule has 168 valence electrons. The zero-order valence-corrected chi connectivity index (χ0v) is 17.8. The molecule has 7 N–H and O–H groups in total. The molecule has 1 unspecified atom stereocenters. The van der Waals surface area contributed by atoms with Crippen LogP contribution in [0, 0.1) is 0 Å².